The summed E-state index contributed by atoms with van der Waals surface area (Å²) in [5.41, 5.74) is 4.53. The highest BCUT2D eigenvalue weighted by molar-refractivity contribution is 7.11. The molecule has 2 N–H and O–H groups in total. The van der Waals surface area contributed by atoms with Crippen molar-refractivity contribution in [3.05, 3.63) is 51.5 Å². The van der Waals surface area contributed by atoms with E-state index in [1.165, 1.54) is 16.9 Å². The Labute approximate surface area is 151 Å². The smallest absolute Gasteiger partial charge is 0.263 e. The first kappa shape index (κ1) is 17.6. The molecular weight excluding hydrogens is 334 g/mol. The Balaban J connectivity index is 1.52. The van der Waals surface area contributed by atoms with Gasteiger partial charge in [0, 0.05) is 17.6 Å². The molecule has 2 amide bonds. The molecule has 1 aromatic carbocycles. The van der Waals surface area contributed by atoms with E-state index in [1.807, 2.05) is 19.1 Å². The minimum Gasteiger partial charge on any atom is -0.349 e. The van der Waals surface area contributed by atoms with Gasteiger partial charge in [-0.2, -0.15) is 0 Å². The molecule has 0 atom stereocenters. The molecule has 25 heavy (non-hydrogen) atoms. The molecule has 1 aromatic heterocycles. The number of thiazole rings is 1. The summed E-state index contributed by atoms with van der Waals surface area (Å²) < 4.78 is 0. The molecule has 0 radical (unpaired) electrons. The third kappa shape index (κ3) is 4.07. The van der Waals surface area contributed by atoms with Gasteiger partial charge in [-0.25, -0.2) is 0 Å². The Hall–Kier alpha value is -2.21. The van der Waals surface area contributed by atoms with Crippen LogP contribution in [-0.2, 0) is 0 Å². The maximum atomic E-state index is 12.6. The second kappa shape index (κ2) is 7.35. The zero-order valence-corrected chi connectivity index (χ0v) is 15.5. The van der Waals surface area contributed by atoms with Crippen LogP contribution in [-0.4, -0.2) is 28.9 Å². The van der Waals surface area contributed by atoms with E-state index in [0.29, 0.717) is 10.8 Å². The number of hydrogen-bond donors (Lipinski definition) is 2. The van der Waals surface area contributed by atoms with Crippen molar-refractivity contribution in [2.24, 2.45) is 0 Å². The van der Waals surface area contributed by atoms with E-state index in [4.69, 9.17) is 0 Å². The second-order valence-corrected chi connectivity index (χ2v) is 7.79. The topological polar surface area (TPSA) is 71.1 Å². The fraction of sp³-hybridized carbons (Fsp3) is 0.421. The standard InChI is InChI=1S/C19H23N3O2S/c1-11(2)13-5-4-12(3)16(6-13)18(23)21-14-7-15(8-14)22-19(24)17-9-20-10-25-17/h4-6,9-11,14-15H,7-8H2,1-3H3,(H,21,23)(H,22,24). The van der Waals surface area contributed by atoms with Crippen molar-refractivity contribution in [1.29, 1.82) is 0 Å². The van der Waals surface area contributed by atoms with E-state index < -0.39 is 0 Å². The van der Waals surface area contributed by atoms with Crippen LogP contribution in [0.4, 0.5) is 0 Å². The van der Waals surface area contributed by atoms with Crippen LogP contribution in [0.3, 0.4) is 0 Å². The van der Waals surface area contributed by atoms with Gasteiger partial charge in [-0.15, -0.1) is 11.3 Å². The van der Waals surface area contributed by atoms with Gasteiger partial charge < -0.3 is 10.6 Å². The molecule has 1 aliphatic carbocycles. The minimum atomic E-state index is -0.0854. The summed E-state index contributed by atoms with van der Waals surface area (Å²) >= 11 is 1.33. The molecule has 0 aliphatic heterocycles. The first-order valence-corrected chi connectivity index (χ1v) is 9.42. The highest BCUT2D eigenvalue weighted by Crippen LogP contribution is 2.23. The Morgan fingerprint density at radius 2 is 1.84 bits per heavy atom. The molecule has 2 aromatic rings. The molecule has 0 saturated heterocycles. The predicted molar refractivity (Wildman–Crippen MR) is 99.1 cm³/mol. The molecule has 132 valence electrons. The number of rotatable bonds is 5. The largest absolute Gasteiger partial charge is 0.349 e. The lowest BCUT2D eigenvalue weighted by molar-refractivity contribution is 0.0864. The molecule has 1 heterocycles. The molecule has 0 spiro atoms. The van der Waals surface area contributed by atoms with Crippen LogP contribution < -0.4 is 10.6 Å². The fourth-order valence-electron chi connectivity index (χ4n) is 2.94. The summed E-state index contributed by atoms with van der Waals surface area (Å²) in [4.78, 5) is 29.1. The summed E-state index contributed by atoms with van der Waals surface area (Å²) in [6.07, 6.45) is 3.10. The number of nitrogens with zero attached hydrogens (tertiary/aromatic N) is 1. The maximum Gasteiger partial charge on any atom is 0.263 e. The van der Waals surface area contributed by atoms with Gasteiger partial charge in [-0.1, -0.05) is 26.0 Å². The first-order chi connectivity index (χ1) is 11.9. The van der Waals surface area contributed by atoms with E-state index in [2.05, 4.69) is 35.5 Å². The minimum absolute atomic E-state index is 0.0303. The van der Waals surface area contributed by atoms with Crippen molar-refractivity contribution in [2.75, 3.05) is 0 Å². The number of nitrogens with one attached hydrogen (secondary N) is 2. The van der Waals surface area contributed by atoms with E-state index in [0.717, 1.165) is 24.0 Å². The Kier molecular flexibility index (Phi) is 5.18. The molecule has 5 nitrogen and oxygen atoms in total. The molecule has 3 rings (SSSR count). The van der Waals surface area contributed by atoms with Crippen LogP contribution >= 0.6 is 11.3 Å². The molecule has 1 aliphatic rings. The van der Waals surface area contributed by atoms with Crippen LogP contribution in [0.25, 0.3) is 0 Å². The maximum absolute atomic E-state index is 12.6. The monoisotopic (exact) mass is 357 g/mol. The van der Waals surface area contributed by atoms with E-state index in [9.17, 15) is 9.59 Å². The van der Waals surface area contributed by atoms with Gasteiger partial charge >= 0.3 is 0 Å². The Morgan fingerprint density at radius 1 is 1.16 bits per heavy atom. The highest BCUT2D eigenvalue weighted by Gasteiger charge is 2.32. The summed E-state index contributed by atoms with van der Waals surface area (Å²) in [6.45, 7) is 6.20. The highest BCUT2D eigenvalue weighted by atomic mass is 32.1. The van der Waals surface area contributed by atoms with Gasteiger partial charge in [0.2, 0.25) is 0 Å². The third-order valence-electron chi connectivity index (χ3n) is 4.64. The van der Waals surface area contributed by atoms with Crippen molar-refractivity contribution in [3.8, 4) is 0 Å². The molecular formula is C19H23N3O2S. The lowest BCUT2D eigenvalue weighted by Gasteiger charge is -2.36. The molecule has 0 bridgehead atoms. The first-order valence-electron chi connectivity index (χ1n) is 8.54. The average Bonchev–Trinajstić information content (AvgIpc) is 3.07. The summed E-state index contributed by atoms with van der Waals surface area (Å²) in [7, 11) is 0. The zero-order chi connectivity index (χ0) is 18.0. The van der Waals surface area contributed by atoms with E-state index >= 15 is 0 Å². The quantitative estimate of drug-likeness (QED) is 0.863. The summed E-state index contributed by atoms with van der Waals surface area (Å²) in [5.74, 6) is 0.275. The normalized spacial score (nSPS) is 19.4. The number of aromatic nitrogens is 1. The number of aryl methyl sites for hydroxylation is 1. The Bertz CT molecular complexity index is 765. The molecule has 6 heteroatoms. The van der Waals surface area contributed by atoms with E-state index in [-0.39, 0.29) is 23.9 Å². The number of carbonyl (C=O) groups excluding carboxylic acids is 2. The SMILES string of the molecule is Cc1ccc(C(C)C)cc1C(=O)NC1CC(NC(=O)c2cncs2)C1. The van der Waals surface area contributed by atoms with Gasteiger partial charge in [0.1, 0.15) is 4.88 Å². The van der Waals surface area contributed by atoms with Crippen LogP contribution in [0, 0.1) is 6.92 Å². The Morgan fingerprint density at radius 3 is 2.44 bits per heavy atom. The van der Waals surface area contributed by atoms with Crippen LogP contribution in [0.15, 0.2) is 29.9 Å². The van der Waals surface area contributed by atoms with Crippen LogP contribution in [0.5, 0.6) is 0 Å². The van der Waals surface area contributed by atoms with Crippen molar-refractivity contribution in [3.63, 3.8) is 0 Å². The van der Waals surface area contributed by atoms with Crippen molar-refractivity contribution < 1.29 is 9.59 Å². The van der Waals surface area contributed by atoms with Crippen LogP contribution in [0.2, 0.25) is 0 Å². The lowest BCUT2D eigenvalue weighted by atomic mass is 9.86. The molecule has 1 saturated carbocycles. The number of amides is 2. The van der Waals surface area contributed by atoms with E-state index in [1.54, 1.807) is 11.7 Å². The zero-order valence-electron chi connectivity index (χ0n) is 14.7. The molecule has 1 fully saturated rings. The van der Waals surface area contributed by atoms with Gasteiger partial charge in [-0.3, -0.25) is 14.6 Å². The lowest BCUT2D eigenvalue weighted by Crippen LogP contribution is -2.53. The number of benzene rings is 1. The second-order valence-electron chi connectivity index (χ2n) is 6.91. The van der Waals surface area contributed by atoms with Crippen LogP contribution in [0.1, 0.15) is 63.8 Å². The van der Waals surface area contributed by atoms with Gasteiger partial charge in [-0.05, 0) is 42.9 Å². The number of hydrogen-bond acceptors (Lipinski definition) is 4. The van der Waals surface area contributed by atoms with Crippen molar-refractivity contribution in [1.82, 2.24) is 15.6 Å². The fourth-order valence-corrected chi connectivity index (χ4v) is 3.47. The summed E-state index contributed by atoms with van der Waals surface area (Å²) in [5, 5.41) is 6.06. The molecule has 0 unspecified atom stereocenters. The summed E-state index contributed by atoms with van der Waals surface area (Å²) in [6, 6.07) is 6.29. The third-order valence-corrected chi connectivity index (χ3v) is 5.41. The van der Waals surface area contributed by atoms with Gasteiger partial charge in [0.15, 0.2) is 0 Å². The van der Waals surface area contributed by atoms with Crippen molar-refractivity contribution in [2.45, 2.75) is 51.6 Å². The van der Waals surface area contributed by atoms with Crippen molar-refractivity contribution >= 4 is 23.2 Å². The predicted octanol–water partition coefficient (Wildman–Crippen LogP) is 3.27. The number of carbonyl (C=O) groups is 2. The van der Waals surface area contributed by atoms with Gasteiger partial charge in [0.05, 0.1) is 11.7 Å². The average molecular weight is 357 g/mol. The van der Waals surface area contributed by atoms with Gasteiger partial charge in [0.25, 0.3) is 11.8 Å².